The summed E-state index contributed by atoms with van der Waals surface area (Å²) < 4.78 is 3.23. The Balaban J connectivity index is 3.27. The van der Waals surface area contributed by atoms with Crippen LogP contribution < -0.4 is 0 Å². The fraction of sp³-hybridized carbons (Fsp3) is 0. The average molecular weight is 211 g/mol. The van der Waals surface area contributed by atoms with Crippen molar-refractivity contribution >= 4 is 29.2 Å². The van der Waals surface area contributed by atoms with Crippen molar-refractivity contribution in [3.8, 4) is 0 Å². The Hall–Kier alpha value is -0.400. The predicted octanol–water partition coefficient (Wildman–Crippen LogP) is 1.76. The van der Waals surface area contributed by atoms with E-state index in [2.05, 4.69) is 18.8 Å². The molecule has 0 radical (unpaired) electrons. The highest BCUT2D eigenvalue weighted by Gasteiger charge is 1.56. The van der Waals surface area contributed by atoms with Gasteiger partial charge in [-0.1, -0.05) is 3.33 Å². The van der Waals surface area contributed by atoms with E-state index in [4.69, 9.17) is 5.53 Å². The van der Waals surface area contributed by atoms with Crippen molar-refractivity contribution in [3.63, 3.8) is 0 Å². The van der Waals surface area contributed by atoms with Gasteiger partial charge in [0.05, 0.1) is 0 Å². The second kappa shape index (κ2) is 5.60. The van der Waals surface area contributed by atoms with Gasteiger partial charge in [0, 0.05) is 0 Å². The molecule has 0 spiro atoms. The third-order valence-electron chi connectivity index (χ3n) is 0.195. The summed E-state index contributed by atoms with van der Waals surface area (Å²) in [6, 6.07) is 0. The van der Waals surface area contributed by atoms with Crippen LogP contribution in [0.15, 0.2) is 18.8 Å². The first-order valence-corrected chi connectivity index (χ1v) is 2.27. The minimum Gasteiger partial charge on any atom is -0.203 e. The van der Waals surface area contributed by atoms with Crippen LogP contribution in [-0.2, 0) is 0 Å². The van der Waals surface area contributed by atoms with Crippen LogP contribution in [0, 0.1) is 5.53 Å². The molecule has 0 aliphatic heterocycles. The van der Waals surface area contributed by atoms with Gasteiger partial charge in [0.25, 0.3) is 0 Å². The lowest BCUT2D eigenvalue weighted by Gasteiger charge is -1.62. The van der Waals surface area contributed by atoms with E-state index in [0.29, 0.717) is 0 Å². The van der Waals surface area contributed by atoms with E-state index in [0.717, 1.165) is 6.34 Å². The summed E-state index contributed by atoms with van der Waals surface area (Å²) in [6.07, 6.45) is 0.988. The Morgan fingerprint density at radius 1 is 1.57 bits per heavy atom. The number of hydrogen-bond donors (Lipinski definition) is 1. The van der Waals surface area contributed by atoms with E-state index >= 15 is 0 Å². The lowest BCUT2D eigenvalue weighted by Crippen LogP contribution is -1.52. The van der Waals surface area contributed by atoms with Gasteiger partial charge in [-0.05, 0) is 5.22 Å². The first-order valence-electron chi connectivity index (χ1n) is 1.31. The molecule has 0 saturated heterocycles. The van der Waals surface area contributed by atoms with Crippen LogP contribution in [0.4, 0.5) is 0 Å². The molecule has 0 aromatic carbocycles. The molecule has 0 aromatic heterocycles. The largest absolute Gasteiger partial charge is 0.203 e. The maximum Gasteiger partial charge on any atom is 0.161 e. The predicted molar refractivity (Wildman–Crippen MR) is 32.5 cm³/mol. The highest BCUT2D eigenvalue weighted by atomic mass is 127. The van der Waals surface area contributed by atoms with E-state index in [9.17, 15) is 0 Å². The molecule has 38 valence electrons. The smallest absolute Gasteiger partial charge is 0.161 e. The number of hydrogen-bond acceptors (Lipinski definition) is 3. The van der Waals surface area contributed by atoms with Crippen molar-refractivity contribution in [2.45, 2.75) is 0 Å². The number of nitrogens with zero attached hydrogens (tertiary/aromatic N) is 4. The van der Waals surface area contributed by atoms with Gasteiger partial charge < -0.3 is 0 Å². The summed E-state index contributed by atoms with van der Waals surface area (Å²) in [5.74, 6) is 0. The van der Waals surface area contributed by atoms with E-state index < -0.39 is 0 Å². The molecule has 6 heteroatoms. The minimum absolute atomic E-state index is 0.988. The summed E-state index contributed by atoms with van der Waals surface area (Å²) >= 11 is 1.67. The molecule has 0 bridgehead atoms. The maximum absolute atomic E-state index is 6.15. The zero-order valence-electron chi connectivity index (χ0n) is 3.24. The number of rotatable bonds is 2. The van der Waals surface area contributed by atoms with Crippen molar-refractivity contribution in [1.82, 2.24) is 0 Å². The van der Waals surface area contributed by atoms with Crippen molar-refractivity contribution in [2.24, 2.45) is 18.8 Å². The zero-order valence-corrected chi connectivity index (χ0v) is 5.40. The molecular weight excluding hydrogens is 209 g/mol. The molecule has 0 fully saturated rings. The highest BCUT2D eigenvalue weighted by molar-refractivity contribution is 14.1. The molecule has 0 aliphatic rings. The molecule has 0 heterocycles. The normalized spacial score (nSPS) is 11.0. The first-order chi connectivity index (χ1) is 3.41. The first kappa shape index (κ1) is 6.60. The van der Waals surface area contributed by atoms with E-state index in [1.165, 1.54) is 0 Å². The van der Waals surface area contributed by atoms with Gasteiger partial charge in [0.1, 0.15) is 22.9 Å². The quantitative estimate of drug-likeness (QED) is 0.237. The van der Waals surface area contributed by atoms with Gasteiger partial charge in [-0.2, -0.15) is 0 Å². The van der Waals surface area contributed by atoms with Crippen molar-refractivity contribution < 1.29 is 0 Å². The summed E-state index contributed by atoms with van der Waals surface area (Å²) in [4.78, 5) is 0. The van der Waals surface area contributed by atoms with Gasteiger partial charge in [0.15, 0.2) is 6.34 Å². The molecule has 1 N–H and O–H groups in total. The third kappa shape index (κ3) is 5.60. The fourth-order valence-electron chi connectivity index (χ4n) is 0.0684. The molecule has 0 aliphatic carbocycles. The molecule has 0 amide bonds. The van der Waals surface area contributed by atoms with Crippen LogP contribution in [-0.4, -0.2) is 6.34 Å². The standard InChI is InChI=1S/CH2IN5/c2-6-7-5-1-4-3/h1,3H/b4-3?,5-1-,7-6-. The van der Waals surface area contributed by atoms with Gasteiger partial charge in [-0.25, -0.2) is 5.53 Å². The highest BCUT2D eigenvalue weighted by Crippen LogP contribution is 1.83. The summed E-state index contributed by atoms with van der Waals surface area (Å²) in [6.45, 7) is 0. The monoisotopic (exact) mass is 211 g/mol. The summed E-state index contributed by atoms with van der Waals surface area (Å²) in [5.41, 5.74) is 6.15. The second-order valence-electron chi connectivity index (χ2n) is 0.525. The molecular formula is CH2IN5. The van der Waals surface area contributed by atoms with E-state index in [-0.39, 0.29) is 0 Å². The number of halogens is 1. The minimum atomic E-state index is 0.988. The Bertz CT molecular complexity index is 94.3. The average Bonchev–Trinajstić information content (AvgIpc) is 1.69. The third-order valence-corrected chi connectivity index (χ3v) is 0.388. The van der Waals surface area contributed by atoms with Crippen molar-refractivity contribution in [1.29, 1.82) is 5.53 Å². The van der Waals surface area contributed by atoms with Crippen LogP contribution in [0.5, 0.6) is 0 Å². The van der Waals surface area contributed by atoms with Crippen LogP contribution in [0.3, 0.4) is 0 Å². The van der Waals surface area contributed by atoms with Crippen molar-refractivity contribution in [2.75, 3.05) is 0 Å². The molecule has 7 heavy (non-hydrogen) atoms. The Morgan fingerprint density at radius 2 is 2.29 bits per heavy atom. The van der Waals surface area contributed by atoms with Crippen LogP contribution in [0.1, 0.15) is 0 Å². The molecule has 0 aromatic rings. The van der Waals surface area contributed by atoms with Crippen LogP contribution in [0.25, 0.3) is 0 Å². The lowest BCUT2D eigenvalue weighted by atomic mass is 11.4. The SMILES string of the molecule is N=N/C=N\N=N/I. The lowest BCUT2D eigenvalue weighted by molar-refractivity contribution is 1.11. The van der Waals surface area contributed by atoms with Gasteiger partial charge in [0.2, 0.25) is 0 Å². The maximum atomic E-state index is 6.15. The topological polar surface area (TPSA) is 73.3 Å². The Morgan fingerprint density at radius 3 is 2.71 bits per heavy atom. The van der Waals surface area contributed by atoms with E-state index in [1.54, 1.807) is 22.9 Å². The van der Waals surface area contributed by atoms with Crippen LogP contribution >= 0.6 is 22.9 Å². The van der Waals surface area contributed by atoms with Crippen molar-refractivity contribution in [3.05, 3.63) is 0 Å². The molecule has 5 nitrogen and oxygen atoms in total. The van der Waals surface area contributed by atoms with E-state index in [1.807, 2.05) is 0 Å². The summed E-state index contributed by atoms with van der Waals surface area (Å²) in [7, 11) is 0. The van der Waals surface area contributed by atoms with Gasteiger partial charge >= 0.3 is 0 Å². The fourth-order valence-corrected chi connectivity index (χ4v) is 0.180. The second-order valence-corrected chi connectivity index (χ2v) is 0.957. The molecule has 0 saturated carbocycles. The Labute approximate surface area is 53.9 Å². The zero-order chi connectivity index (χ0) is 5.54. The van der Waals surface area contributed by atoms with Gasteiger partial charge in [-0.15, -0.1) is 10.2 Å². The molecule has 0 unspecified atom stereocenters. The van der Waals surface area contributed by atoms with Crippen LogP contribution in [0.2, 0.25) is 0 Å². The van der Waals surface area contributed by atoms with Gasteiger partial charge in [-0.3, -0.25) is 0 Å². The molecule has 0 rings (SSSR count). The number of nitrogens with one attached hydrogen (secondary N) is 1. The molecule has 0 atom stereocenters. The summed E-state index contributed by atoms with van der Waals surface area (Å²) in [5, 5.41) is 9.08. The Kier molecular flexibility index (Phi) is 5.28.